The summed E-state index contributed by atoms with van der Waals surface area (Å²) in [5.41, 5.74) is 3.68. The Labute approximate surface area is 204 Å². The first kappa shape index (κ1) is 22.4. The maximum atomic E-state index is 12.4. The van der Waals surface area contributed by atoms with Gasteiger partial charge in [-0.25, -0.2) is 9.79 Å². The molecule has 4 rings (SSSR count). The monoisotopic (exact) mass is 559 g/mol. The van der Waals surface area contributed by atoms with Gasteiger partial charge in [-0.2, -0.15) is 0 Å². The van der Waals surface area contributed by atoms with E-state index in [1.54, 1.807) is 18.2 Å². The second kappa shape index (κ2) is 9.75. The molecule has 0 spiro atoms. The van der Waals surface area contributed by atoms with E-state index in [1.807, 2.05) is 55.5 Å². The molecular weight excluding hydrogens is 541 g/mol. The van der Waals surface area contributed by atoms with Crippen LogP contribution in [0.5, 0.6) is 11.5 Å². The minimum atomic E-state index is -0.518. The summed E-state index contributed by atoms with van der Waals surface area (Å²) in [6, 6.07) is 19.0. The van der Waals surface area contributed by atoms with Gasteiger partial charge in [0.25, 0.3) is 0 Å². The number of aryl methyl sites for hydroxylation is 1. The van der Waals surface area contributed by atoms with Crippen molar-refractivity contribution in [1.82, 2.24) is 0 Å². The minimum Gasteiger partial charge on any atom is -0.493 e. The minimum absolute atomic E-state index is 0.187. The molecule has 0 unspecified atom stereocenters. The van der Waals surface area contributed by atoms with Crippen molar-refractivity contribution < 1.29 is 19.0 Å². The summed E-state index contributed by atoms with van der Waals surface area (Å²) in [5, 5.41) is 0.371. The van der Waals surface area contributed by atoms with Gasteiger partial charge in [-0.3, -0.25) is 0 Å². The number of cyclic esters (lactones) is 1. The van der Waals surface area contributed by atoms with E-state index in [9.17, 15) is 4.79 Å². The van der Waals surface area contributed by atoms with Gasteiger partial charge >= 0.3 is 5.97 Å². The number of hydrogen-bond acceptors (Lipinski definition) is 5. The van der Waals surface area contributed by atoms with E-state index in [4.69, 9.17) is 25.8 Å². The third kappa shape index (κ3) is 4.97. The maximum Gasteiger partial charge on any atom is 0.363 e. The average molecular weight is 560 g/mol. The van der Waals surface area contributed by atoms with Crippen LogP contribution in [0.2, 0.25) is 5.02 Å². The molecule has 1 aliphatic rings. The zero-order valence-corrected chi connectivity index (χ0v) is 20.3. The largest absolute Gasteiger partial charge is 0.493 e. The molecular formula is C25H19ClINO4. The lowest BCUT2D eigenvalue weighted by atomic mass is 10.1. The molecule has 0 atom stereocenters. The number of aliphatic imine (C=N–C) groups is 1. The molecule has 3 aromatic rings. The highest BCUT2D eigenvalue weighted by Gasteiger charge is 2.25. The van der Waals surface area contributed by atoms with Gasteiger partial charge < -0.3 is 14.2 Å². The lowest BCUT2D eigenvalue weighted by molar-refractivity contribution is -0.129. The molecule has 0 aromatic heterocycles. The van der Waals surface area contributed by atoms with E-state index in [0.717, 1.165) is 20.3 Å². The molecule has 7 heteroatoms. The standard InChI is InChI=1S/C25H19ClINO4/c1-15-10-18(8-9-20(15)27)24-28-21(25(29)32-24)12-17-11-19(26)23(22(13-17)30-2)31-14-16-6-4-3-5-7-16/h3-13H,14H2,1-2H3/b21-12-. The molecule has 3 aromatic carbocycles. The number of carbonyl (C=O) groups excluding carboxylic acids is 1. The van der Waals surface area contributed by atoms with Gasteiger partial charge in [0.1, 0.15) is 6.61 Å². The number of halogens is 2. The summed E-state index contributed by atoms with van der Waals surface area (Å²) >= 11 is 8.73. The van der Waals surface area contributed by atoms with E-state index >= 15 is 0 Å². The predicted octanol–water partition coefficient (Wildman–Crippen LogP) is 6.19. The van der Waals surface area contributed by atoms with Crippen molar-refractivity contribution in [2.75, 3.05) is 7.11 Å². The summed E-state index contributed by atoms with van der Waals surface area (Å²) in [7, 11) is 1.54. The Morgan fingerprint density at radius 3 is 2.62 bits per heavy atom. The number of rotatable bonds is 6. The van der Waals surface area contributed by atoms with Gasteiger partial charge in [0, 0.05) is 9.13 Å². The summed E-state index contributed by atoms with van der Waals surface area (Å²) in [6.45, 7) is 2.35. The zero-order chi connectivity index (χ0) is 22.7. The second-order valence-electron chi connectivity index (χ2n) is 7.11. The van der Waals surface area contributed by atoms with Gasteiger partial charge in [-0.05, 0) is 82.6 Å². The Balaban J connectivity index is 1.60. The fourth-order valence-corrected chi connectivity index (χ4v) is 3.77. The van der Waals surface area contributed by atoms with Gasteiger partial charge in [0.2, 0.25) is 5.90 Å². The van der Waals surface area contributed by atoms with Crippen molar-refractivity contribution in [3.8, 4) is 11.5 Å². The van der Waals surface area contributed by atoms with Crippen LogP contribution in [0.1, 0.15) is 22.3 Å². The smallest absolute Gasteiger partial charge is 0.363 e. The molecule has 0 saturated carbocycles. The molecule has 0 bridgehead atoms. The number of hydrogen-bond donors (Lipinski definition) is 0. The number of benzene rings is 3. The molecule has 5 nitrogen and oxygen atoms in total. The Bertz CT molecular complexity index is 1240. The van der Waals surface area contributed by atoms with E-state index in [-0.39, 0.29) is 11.6 Å². The SMILES string of the molecule is COc1cc(/C=C2\N=C(c3ccc(I)c(C)c3)OC2=O)cc(Cl)c1OCc1ccccc1. The van der Waals surface area contributed by atoms with Crippen molar-refractivity contribution in [2.45, 2.75) is 13.5 Å². The topological polar surface area (TPSA) is 57.1 Å². The Morgan fingerprint density at radius 2 is 1.91 bits per heavy atom. The lowest BCUT2D eigenvalue weighted by Crippen LogP contribution is -2.05. The van der Waals surface area contributed by atoms with E-state index in [0.29, 0.717) is 28.7 Å². The highest BCUT2D eigenvalue weighted by Crippen LogP contribution is 2.38. The number of ether oxygens (including phenoxy) is 3. The van der Waals surface area contributed by atoms with Crippen LogP contribution >= 0.6 is 34.2 Å². The highest BCUT2D eigenvalue weighted by atomic mass is 127. The van der Waals surface area contributed by atoms with Crippen molar-refractivity contribution in [2.24, 2.45) is 4.99 Å². The van der Waals surface area contributed by atoms with E-state index in [2.05, 4.69) is 27.6 Å². The summed E-state index contributed by atoms with van der Waals surface area (Å²) < 4.78 is 17.9. The second-order valence-corrected chi connectivity index (χ2v) is 8.68. The van der Waals surface area contributed by atoms with Crippen LogP contribution in [0.4, 0.5) is 0 Å². The van der Waals surface area contributed by atoms with Gasteiger partial charge in [0.15, 0.2) is 17.2 Å². The van der Waals surface area contributed by atoms with Crippen molar-refractivity contribution >= 4 is 52.1 Å². The van der Waals surface area contributed by atoms with Gasteiger partial charge in [-0.15, -0.1) is 0 Å². The average Bonchev–Trinajstić information content (AvgIpc) is 3.15. The molecule has 0 aliphatic carbocycles. The summed E-state index contributed by atoms with van der Waals surface area (Å²) in [6.07, 6.45) is 1.62. The van der Waals surface area contributed by atoms with Gasteiger partial charge in [-0.1, -0.05) is 41.9 Å². The number of esters is 1. The molecule has 1 heterocycles. The Kier molecular flexibility index (Phi) is 6.81. The summed E-state index contributed by atoms with van der Waals surface area (Å²) in [5.74, 6) is 0.661. The third-order valence-electron chi connectivity index (χ3n) is 4.81. The van der Waals surface area contributed by atoms with Crippen LogP contribution in [-0.4, -0.2) is 19.0 Å². The molecule has 1 aliphatic heterocycles. The molecule has 0 radical (unpaired) electrons. The van der Waals surface area contributed by atoms with E-state index < -0.39 is 5.97 Å². The Hall–Kier alpha value is -2.84. The number of methoxy groups -OCH3 is 1. The molecule has 0 saturated heterocycles. The lowest BCUT2D eigenvalue weighted by Gasteiger charge is -2.13. The zero-order valence-electron chi connectivity index (χ0n) is 17.4. The quantitative estimate of drug-likeness (QED) is 0.205. The first-order valence-electron chi connectivity index (χ1n) is 9.78. The molecule has 0 N–H and O–H groups in total. The van der Waals surface area contributed by atoms with Crippen molar-refractivity contribution in [3.63, 3.8) is 0 Å². The fraction of sp³-hybridized carbons (Fsp3) is 0.120. The van der Waals surface area contributed by atoms with Crippen LogP contribution in [0.15, 0.2) is 71.4 Å². The van der Waals surface area contributed by atoms with Crippen LogP contribution in [0.3, 0.4) is 0 Å². The third-order valence-corrected chi connectivity index (χ3v) is 6.30. The van der Waals surface area contributed by atoms with Crippen molar-refractivity contribution in [1.29, 1.82) is 0 Å². The van der Waals surface area contributed by atoms with Crippen molar-refractivity contribution in [3.05, 3.63) is 97.2 Å². The first-order chi connectivity index (χ1) is 15.4. The highest BCUT2D eigenvalue weighted by molar-refractivity contribution is 14.1. The van der Waals surface area contributed by atoms with Crippen LogP contribution in [-0.2, 0) is 16.1 Å². The molecule has 32 heavy (non-hydrogen) atoms. The van der Waals surface area contributed by atoms with Crippen LogP contribution < -0.4 is 9.47 Å². The van der Waals surface area contributed by atoms with E-state index in [1.165, 1.54) is 7.11 Å². The maximum absolute atomic E-state index is 12.4. The molecule has 0 fully saturated rings. The van der Waals surface area contributed by atoms with Crippen LogP contribution in [0.25, 0.3) is 6.08 Å². The predicted molar refractivity (Wildman–Crippen MR) is 133 cm³/mol. The molecule has 162 valence electrons. The molecule has 0 amide bonds. The normalized spacial score (nSPS) is 14.3. The first-order valence-corrected chi connectivity index (χ1v) is 11.2. The number of nitrogens with zero attached hydrogens (tertiary/aromatic N) is 1. The number of carbonyl (C=O) groups is 1. The Morgan fingerprint density at radius 1 is 1.12 bits per heavy atom. The van der Waals surface area contributed by atoms with Gasteiger partial charge in [0.05, 0.1) is 12.1 Å². The fourth-order valence-electron chi connectivity index (χ4n) is 3.16. The summed E-state index contributed by atoms with van der Waals surface area (Å²) in [4.78, 5) is 16.8. The van der Waals surface area contributed by atoms with Crippen LogP contribution in [0, 0.1) is 10.5 Å².